The van der Waals surface area contributed by atoms with Crippen LogP contribution in [0.15, 0.2) is 243 Å². The van der Waals surface area contributed by atoms with Gasteiger partial charge in [-0.1, -0.05) is 226 Å². The largest absolute Gasteiger partial charge is 0.396 e. The van der Waals surface area contributed by atoms with Crippen molar-refractivity contribution < 1.29 is 46.5 Å². The van der Waals surface area contributed by atoms with Crippen LogP contribution in [0.1, 0.15) is 154 Å². The summed E-state index contributed by atoms with van der Waals surface area (Å²) in [5, 5.41) is 26.4. The number of halogens is 2. The van der Waals surface area contributed by atoms with Crippen LogP contribution in [-0.2, 0) is 48.3 Å². The molecule has 2 aliphatic rings. The van der Waals surface area contributed by atoms with Crippen LogP contribution in [0.25, 0.3) is 0 Å². The van der Waals surface area contributed by atoms with E-state index in [0.717, 1.165) is 47.6 Å². The molecular weight excluding hydrogens is 1330 g/mol. The van der Waals surface area contributed by atoms with Crippen LogP contribution < -0.4 is 37.6 Å². The minimum Gasteiger partial charge on any atom is -0.396 e. The Bertz CT molecular complexity index is 3770. The van der Waals surface area contributed by atoms with Gasteiger partial charge in [0.2, 0.25) is 17.7 Å². The molecule has 0 heterocycles. The summed E-state index contributed by atoms with van der Waals surface area (Å²) in [4.78, 5) is 75.6. The summed E-state index contributed by atoms with van der Waals surface area (Å²) in [7, 11) is -3.48. The van der Waals surface area contributed by atoms with Gasteiger partial charge in [0.15, 0.2) is 0 Å². The van der Waals surface area contributed by atoms with Crippen LogP contribution in [0.5, 0.6) is 0 Å². The second kappa shape index (κ2) is 46.4. The Kier molecular flexibility index (Phi) is 37.2. The highest BCUT2D eigenvalue weighted by atomic mass is 35.5. The van der Waals surface area contributed by atoms with E-state index < -0.39 is 28.2 Å². The minimum atomic E-state index is -3.48. The number of rotatable bonds is 33. The lowest BCUT2D eigenvalue weighted by atomic mass is 10.0. The smallest absolute Gasteiger partial charge is 0.264 e. The van der Waals surface area contributed by atoms with E-state index in [1.165, 1.54) is 36.8 Å². The van der Waals surface area contributed by atoms with Crippen molar-refractivity contribution >= 4 is 68.8 Å². The number of unbranched alkanes of at least 4 members (excludes halogenated alkanes) is 4. The zero-order chi connectivity index (χ0) is 72.3. The molecule has 0 bridgehead atoms. The number of aliphatic hydroxyl groups excluding tert-OH is 1. The Morgan fingerprint density at radius 3 is 1.05 bits per heavy atom. The van der Waals surface area contributed by atoms with E-state index in [0.29, 0.717) is 93.2 Å². The number of nitrogens with one attached hydrogen (secondary N) is 6. The van der Waals surface area contributed by atoms with Gasteiger partial charge in [-0.2, -0.15) is 8.42 Å². The number of hydrogen-bond donors (Lipinski definition) is 8. The van der Waals surface area contributed by atoms with Gasteiger partial charge in [0.1, 0.15) is 18.1 Å². The molecule has 7 atom stereocenters. The maximum atomic E-state index is 12.9. The Hall–Kier alpha value is -9.01. The Morgan fingerprint density at radius 1 is 0.436 bits per heavy atom. The van der Waals surface area contributed by atoms with Crippen molar-refractivity contribution in [1.29, 1.82) is 0 Å². The summed E-state index contributed by atoms with van der Waals surface area (Å²) in [6, 6.07) is 75.3. The van der Waals surface area contributed by atoms with Gasteiger partial charge in [0.25, 0.3) is 27.8 Å². The van der Waals surface area contributed by atoms with Crippen LogP contribution in [0.4, 0.5) is 0 Å². The fraction of sp³-hybridized carbons (Fsp3) is 0.333. The molecule has 2 fully saturated rings. The molecule has 0 aromatic heterocycles. The van der Waals surface area contributed by atoms with Gasteiger partial charge >= 0.3 is 0 Å². The molecule has 10 rings (SSSR count). The first-order chi connectivity index (χ1) is 49.0. The monoisotopic (exact) mass is 1430 g/mol. The van der Waals surface area contributed by atoms with E-state index in [1.807, 2.05) is 127 Å². The van der Waals surface area contributed by atoms with Crippen molar-refractivity contribution in [3.8, 4) is 0 Å². The van der Waals surface area contributed by atoms with Gasteiger partial charge in [-0.15, -0.1) is 23.2 Å². The highest BCUT2D eigenvalue weighted by Gasteiger charge is 2.37. The molecule has 2 saturated carbocycles. The van der Waals surface area contributed by atoms with Crippen LogP contribution in [0, 0.1) is 5.92 Å². The number of aliphatic hydroxyl groups is 1. The Balaban J connectivity index is 0.000000220. The van der Waals surface area contributed by atoms with Gasteiger partial charge in [0.05, 0.1) is 18.2 Å². The summed E-state index contributed by atoms with van der Waals surface area (Å²) in [5.41, 5.74) is 13.1. The van der Waals surface area contributed by atoms with Crippen LogP contribution in [0.2, 0.25) is 0 Å². The highest BCUT2D eigenvalue weighted by molar-refractivity contribution is 7.86. The van der Waals surface area contributed by atoms with Gasteiger partial charge in [-0.3, -0.25) is 33.0 Å². The zero-order valence-electron chi connectivity index (χ0n) is 57.4. The first kappa shape index (κ1) is 81.0. The third kappa shape index (κ3) is 32.9. The third-order valence-corrected chi connectivity index (χ3v) is 17.4. The van der Waals surface area contributed by atoms with Gasteiger partial charge in [-0.05, 0) is 140 Å². The predicted molar refractivity (Wildman–Crippen MR) is 402 cm³/mol. The van der Waals surface area contributed by atoms with Crippen molar-refractivity contribution in [2.45, 2.75) is 139 Å². The summed E-state index contributed by atoms with van der Waals surface area (Å²) >= 11 is 9.53. The molecule has 6 amide bonds. The van der Waals surface area contributed by atoms with Crippen molar-refractivity contribution in [3.05, 3.63) is 287 Å². The topological polar surface area (TPSA) is 264 Å². The second-order valence-electron chi connectivity index (χ2n) is 24.7. The van der Waals surface area contributed by atoms with E-state index in [2.05, 4.69) is 86.5 Å². The zero-order valence-corrected chi connectivity index (χ0v) is 59.8. The highest BCUT2D eigenvalue weighted by Crippen LogP contribution is 2.50. The Labute approximate surface area is 606 Å². The quantitative estimate of drug-likeness (QED) is 0.0109. The minimum absolute atomic E-state index is 0.0455. The number of carbonyl (C=O) groups is 6. The van der Waals surface area contributed by atoms with Crippen LogP contribution >= 0.6 is 23.2 Å². The fourth-order valence-electron chi connectivity index (χ4n) is 11.1. The normalized spacial score (nSPS) is 15.4. The first-order valence-electron chi connectivity index (χ1n) is 34.5. The molecule has 0 spiro atoms. The number of nitrogens with two attached hydrogens (primary N) is 1. The maximum absolute atomic E-state index is 12.9. The summed E-state index contributed by atoms with van der Waals surface area (Å²) in [6.07, 6.45) is 11.6. The van der Waals surface area contributed by atoms with Crippen molar-refractivity contribution in [2.24, 2.45) is 11.7 Å². The lowest BCUT2D eigenvalue weighted by Crippen LogP contribution is -2.46. The van der Waals surface area contributed by atoms with Gasteiger partial charge < -0.3 is 42.7 Å². The molecule has 4 unspecified atom stereocenters. The summed E-state index contributed by atoms with van der Waals surface area (Å²) in [5.74, 6) is 0.730. The summed E-state index contributed by atoms with van der Waals surface area (Å²) < 4.78 is 26.7. The number of amides is 6. The number of hydrogen-bond acceptors (Lipinski definition) is 11. The maximum Gasteiger partial charge on any atom is 0.264 e. The van der Waals surface area contributed by atoms with E-state index in [1.54, 1.807) is 60.7 Å². The number of carbonyl (C=O) groups excluding carboxylic acids is 6. The average molecular weight is 1430 g/mol. The molecule has 101 heavy (non-hydrogen) atoms. The predicted octanol–water partition coefficient (Wildman–Crippen LogP) is 13.3. The van der Waals surface area contributed by atoms with E-state index in [-0.39, 0.29) is 54.0 Å². The van der Waals surface area contributed by atoms with Gasteiger partial charge in [0, 0.05) is 54.9 Å². The second-order valence-corrected chi connectivity index (χ2v) is 27.1. The number of benzene rings is 8. The van der Waals surface area contributed by atoms with Crippen molar-refractivity contribution in [2.75, 3.05) is 24.8 Å². The molecule has 20 heteroatoms. The van der Waals surface area contributed by atoms with E-state index >= 15 is 0 Å². The average Bonchev–Trinajstić information content (AvgIpc) is 1.69. The molecule has 17 nitrogen and oxygen atoms in total. The first-order valence-corrected chi connectivity index (χ1v) is 37.4. The van der Waals surface area contributed by atoms with Crippen molar-refractivity contribution in [3.63, 3.8) is 0 Å². The standard InChI is InChI=1S/C30H34N2O2.C21H26N2O5S.C20H24N2O3.C9H11N.CH2Cl2/c33-29(25-17-9-3-10-18-25)32-28(30(34)31-22-23-13-5-1-6-14-23)20-12-4-11-19-26-21-27(26)24-15-7-2-8-16-24;1-29(26,27)28-15-9-8-14-19(23-20(24)18-12-6-3-7-13-18)21(25)22-16-17-10-4-2-5-11-17;23-14-8-7-13-18(22-19(24)17-11-5-2-6-12-17)20(25)21-15-16-9-3-1-4-10-16;10-9-6-8(9)7-4-2-1-3-5-7;2-1-3/h1-3,5-10,13-18,26-28H,4,11-12,19-22H2,(H,31,34)(H,32,33);2-7,10-13,19H,8-9,14-16H2,1H3,(H,22,25)(H,23,24);1-6,9-12,18,23H,7-8,13-15H2,(H,21,25)(H,22,24);1-5,8-9H,6,10H2;1H2/t26?,27?,28-;19-;18-;;/m000../s1. The number of alkyl halides is 2. The van der Waals surface area contributed by atoms with E-state index in [9.17, 15) is 37.2 Å². The molecule has 0 radical (unpaired) electrons. The fourth-order valence-corrected chi connectivity index (χ4v) is 11.5. The molecule has 2 aliphatic carbocycles. The lowest BCUT2D eigenvalue weighted by molar-refractivity contribution is -0.124. The Morgan fingerprint density at radius 2 is 0.733 bits per heavy atom. The molecule has 0 saturated heterocycles. The third-order valence-electron chi connectivity index (χ3n) is 16.8. The van der Waals surface area contributed by atoms with Crippen molar-refractivity contribution in [1.82, 2.24) is 31.9 Å². The molecule has 8 aromatic carbocycles. The molecular formula is C81H97Cl2N7O10S. The molecule has 9 N–H and O–H groups in total. The molecule has 536 valence electrons. The van der Waals surface area contributed by atoms with Crippen LogP contribution in [-0.4, -0.2) is 97.9 Å². The van der Waals surface area contributed by atoms with Gasteiger partial charge in [-0.25, -0.2) is 0 Å². The van der Waals surface area contributed by atoms with E-state index in [4.69, 9.17) is 38.2 Å². The molecule has 8 aromatic rings. The lowest BCUT2D eigenvalue weighted by Gasteiger charge is -2.19. The SMILES string of the molecule is CS(=O)(=O)OCCCC[C@H](NC(=O)c1ccccc1)C(=O)NCc1ccccc1.ClCCl.NC1CC1c1ccccc1.O=C(N[C@@H](CCCCCC1CC1c1ccccc1)C(=O)NCc1ccccc1)c1ccccc1.O=C(N[C@@H](CCCCO)C(=O)NCc1ccccc1)c1ccccc1. The summed E-state index contributed by atoms with van der Waals surface area (Å²) in [6.45, 7) is 1.35. The van der Waals surface area contributed by atoms with Crippen LogP contribution in [0.3, 0.4) is 0 Å². The molecule has 0 aliphatic heterocycles.